The van der Waals surface area contributed by atoms with Gasteiger partial charge in [-0.1, -0.05) is 30.3 Å². The van der Waals surface area contributed by atoms with Crippen molar-refractivity contribution < 1.29 is 9.90 Å². The summed E-state index contributed by atoms with van der Waals surface area (Å²) < 4.78 is 2.02. The van der Waals surface area contributed by atoms with Crippen molar-refractivity contribution in [1.82, 2.24) is 4.57 Å². The molecule has 3 rings (SSSR count). The van der Waals surface area contributed by atoms with Gasteiger partial charge in [0.15, 0.2) is 0 Å². The van der Waals surface area contributed by atoms with E-state index in [0.717, 1.165) is 16.8 Å². The first-order valence-electron chi connectivity index (χ1n) is 6.31. The highest BCUT2D eigenvalue weighted by Gasteiger charge is 2.06. The van der Waals surface area contributed by atoms with Crippen molar-refractivity contribution in [3.05, 3.63) is 78.6 Å². The molecule has 0 spiro atoms. The van der Waals surface area contributed by atoms with Gasteiger partial charge in [-0.15, -0.1) is 0 Å². The summed E-state index contributed by atoms with van der Waals surface area (Å²) in [7, 11) is 0. The molecule has 0 bridgehead atoms. The Morgan fingerprint density at radius 1 is 0.900 bits per heavy atom. The molecule has 0 aliphatic carbocycles. The summed E-state index contributed by atoms with van der Waals surface area (Å²) in [6.07, 6.45) is 3.97. The molecule has 1 aromatic heterocycles. The Morgan fingerprint density at radius 3 is 2.45 bits per heavy atom. The third-order valence-corrected chi connectivity index (χ3v) is 3.19. The summed E-state index contributed by atoms with van der Waals surface area (Å²) in [5, 5.41) is 9.03. The zero-order chi connectivity index (χ0) is 13.9. The van der Waals surface area contributed by atoms with Crippen LogP contribution in [0.4, 0.5) is 0 Å². The monoisotopic (exact) mass is 263 g/mol. The maximum atomic E-state index is 11.0. The topological polar surface area (TPSA) is 42.2 Å². The zero-order valence-electron chi connectivity index (χ0n) is 10.7. The smallest absolute Gasteiger partial charge is 0.335 e. The second kappa shape index (κ2) is 5.05. The van der Waals surface area contributed by atoms with E-state index in [4.69, 9.17) is 5.11 Å². The fourth-order valence-electron chi connectivity index (χ4n) is 2.16. The predicted molar refractivity (Wildman–Crippen MR) is 78.2 cm³/mol. The van der Waals surface area contributed by atoms with Crippen LogP contribution in [-0.4, -0.2) is 15.6 Å². The van der Waals surface area contributed by atoms with Crippen LogP contribution < -0.4 is 0 Å². The van der Waals surface area contributed by atoms with Gasteiger partial charge in [0.25, 0.3) is 0 Å². The lowest BCUT2D eigenvalue weighted by Crippen LogP contribution is -1.95. The highest BCUT2D eigenvalue weighted by Crippen LogP contribution is 2.22. The Kier molecular flexibility index (Phi) is 3.09. The first-order chi connectivity index (χ1) is 9.74. The van der Waals surface area contributed by atoms with Crippen molar-refractivity contribution in [2.45, 2.75) is 0 Å². The van der Waals surface area contributed by atoms with Gasteiger partial charge in [0, 0.05) is 18.1 Å². The van der Waals surface area contributed by atoms with E-state index < -0.39 is 5.97 Å². The Balaban J connectivity index is 1.98. The number of carboxylic acids is 1. The Morgan fingerprint density at radius 2 is 1.70 bits per heavy atom. The van der Waals surface area contributed by atoms with Gasteiger partial charge in [0.1, 0.15) is 0 Å². The van der Waals surface area contributed by atoms with Gasteiger partial charge in [-0.3, -0.25) is 0 Å². The molecule has 1 N–H and O–H groups in total. The summed E-state index contributed by atoms with van der Waals surface area (Å²) in [6, 6.07) is 18.9. The van der Waals surface area contributed by atoms with E-state index in [1.54, 1.807) is 18.2 Å². The van der Waals surface area contributed by atoms with E-state index in [9.17, 15) is 4.79 Å². The van der Waals surface area contributed by atoms with Crippen molar-refractivity contribution >= 4 is 5.97 Å². The molecule has 0 fully saturated rings. The van der Waals surface area contributed by atoms with Gasteiger partial charge in [-0.05, 0) is 41.5 Å². The highest BCUT2D eigenvalue weighted by molar-refractivity contribution is 5.89. The molecule has 0 amide bonds. The normalized spacial score (nSPS) is 10.4. The van der Waals surface area contributed by atoms with Crippen LogP contribution in [0.2, 0.25) is 0 Å². The largest absolute Gasteiger partial charge is 0.478 e. The molecule has 1 heterocycles. The van der Waals surface area contributed by atoms with Crippen LogP contribution in [0.25, 0.3) is 16.8 Å². The van der Waals surface area contributed by atoms with Gasteiger partial charge < -0.3 is 9.67 Å². The van der Waals surface area contributed by atoms with Crippen molar-refractivity contribution in [2.24, 2.45) is 0 Å². The average molecular weight is 263 g/mol. The molecule has 0 aliphatic heterocycles. The van der Waals surface area contributed by atoms with E-state index in [2.05, 4.69) is 0 Å². The summed E-state index contributed by atoms with van der Waals surface area (Å²) in [5.41, 5.74) is 3.28. The lowest BCUT2D eigenvalue weighted by molar-refractivity contribution is 0.0697. The van der Waals surface area contributed by atoms with E-state index >= 15 is 0 Å². The minimum absolute atomic E-state index is 0.301. The SMILES string of the molecule is O=C(O)c1cccc(-c2ccn(-c3ccccc3)c2)c1. The molecule has 0 saturated heterocycles. The molecule has 0 aliphatic rings. The summed E-state index contributed by atoms with van der Waals surface area (Å²) in [4.78, 5) is 11.0. The van der Waals surface area contributed by atoms with Crippen LogP contribution in [0.15, 0.2) is 73.1 Å². The van der Waals surface area contributed by atoms with Crippen LogP contribution in [0, 0.1) is 0 Å². The number of hydrogen-bond acceptors (Lipinski definition) is 1. The number of aromatic carboxylic acids is 1. The number of benzene rings is 2. The van der Waals surface area contributed by atoms with E-state index in [0.29, 0.717) is 5.56 Å². The molecule has 98 valence electrons. The van der Waals surface area contributed by atoms with Crippen molar-refractivity contribution in [1.29, 1.82) is 0 Å². The second-order valence-corrected chi connectivity index (χ2v) is 4.53. The second-order valence-electron chi connectivity index (χ2n) is 4.53. The highest BCUT2D eigenvalue weighted by atomic mass is 16.4. The lowest BCUT2D eigenvalue weighted by Gasteiger charge is -2.02. The number of aromatic nitrogens is 1. The third-order valence-electron chi connectivity index (χ3n) is 3.19. The molecule has 0 radical (unpaired) electrons. The Labute approximate surface area is 116 Å². The summed E-state index contributed by atoms with van der Waals surface area (Å²) >= 11 is 0. The van der Waals surface area contributed by atoms with E-state index in [1.165, 1.54) is 0 Å². The zero-order valence-corrected chi connectivity index (χ0v) is 10.7. The third kappa shape index (κ3) is 2.34. The number of hydrogen-bond donors (Lipinski definition) is 1. The minimum Gasteiger partial charge on any atom is -0.478 e. The molecule has 2 aromatic carbocycles. The molecular formula is C17H13NO2. The van der Waals surface area contributed by atoms with Crippen molar-refractivity contribution in [3.8, 4) is 16.8 Å². The number of carboxylic acid groups (broad SMARTS) is 1. The molecule has 3 aromatic rings. The molecule has 0 unspecified atom stereocenters. The lowest BCUT2D eigenvalue weighted by atomic mass is 10.1. The number of para-hydroxylation sites is 1. The minimum atomic E-state index is -0.908. The van der Waals surface area contributed by atoms with Crippen LogP contribution in [-0.2, 0) is 0 Å². The molecule has 0 saturated carbocycles. The number of rotatable bonds is 3. The van der Waals surface area contributed by atoms with Gasteiger partial charge in [-0.25, -0.2) is 4.79 Å². The molecule has 3 nitrogen and oxygen atoms in total. The molecular weight excluding hydrogens is 250 g/mol. The first-order valence-corrected chi connectivity index (χ1v) is 6.31. The van der Waals surface area contributed by atoms with Crippen molar-refractivity contribution in [3.63, 3.8) is 0 Å². The number of carbonyl (C=O) groups is 1. The molecule has 0 atom stereocenters. The summed E-state index contributed by atoms with van der Waals surface area (Å²) in [6.45, 7) is 0. The standard InChI is InChI=1S/C17H13NO2/c19-17(20)14-6-4-5-13(11-14)15-9-10-18(12-15)16-7-2-1-3-8-16/h1-12H,(H,19,20). The Bertz CT molecular complexity index is 744. The van der Waals surface area contributed by atoms with Gasteiger partial charge in [0.05, 0.1) is 5.56 Å². The van der Waals surface area contributed by atoms with Crippen LogP contribution in [0.5, 0.6) is 0 Å². The quantitative estimate of drug-likeness (QED) is 0.780. The molecule has 3 heteroatoms. The van der Waals surface area contributed by atoms with Crippen LogP contribution >= 0.6 is 0 Å². The van der Waals surface area contributed by atoms with Gasteiger partial charge in [-0.2, -0.15) is 0 Å². The van der Waals surface area contributed by atoms with Gasteiger partial charge in [0.2, 0.25) is 0 Å². The average Bonchev–Trinajstić information content (AvgIpc) is 2.98. The maximum Gasteiger partial charge on any atom is 0.335 e. The van der Waals surface area contributed by atoms with E-state index in [-0.39, 0.29) is 0 Å². The maximum absolute atomic E-state index is 11.0. The fraction of sp³-hybridized carbons (Fsp3) is 0. The molecule has 20 heavy (non-hydrogen) atoms. The summed E-state index contributed by atoms with van der Waals surface area (Å²) in [5.74, 6) is -0.908. The van der Waals surface area contributed by atoms with Crippen LogP contribution in [0.3, 0.4) is 0 Å². The fourth-order valence-corrected chi connectivity index (χ4v) is 2.16. The van der Waals surface area contributed by atoms with E-state index in [1.807, 2.05) is 59.4 Å². The Hall–Kier alpha value is -2.81. The predicted octanol–water partition coefficient (Wildman–Crippen LogP) is 3.84. The van der Waals surface area contributed by atoms with Crippen molar-refractivity contribution in [2.75, 3.05) is 0 Å². The number of nitrogens with zero attached hydrogens (tertiary/aromatic N) is 1. The van der Waals surface area contributed by atoms with Gasteiger partial charge >= 0.3 is 5.97 Å². The first kappa shape index (κ1) is 12.2. The van der Waals surface area contributed by atoms with Crippen LogP contribution in [0.1, 0.15) is 10.4 Å².